The van der Waals surface area contributed by atoms with Gasteiger partial charge < -0.3 is 15.0 Å². The van der Waals surface area contributed by atoms with Crippen molar-refractivity contribution < 1.29 is 22.4 Å². The number of nitrogens with two attached hydrogens (primary N) is 1. The lowest BCUT2D eigenvalue weighted by molar-refractivity contribution is 0.146. The Hall–Kier alpha value is -3.82. The molecular weight excluding hydrogens is 435 g/mol. The normalized spacial score (nSPS) is 15.2. The van der Waals surface area contributed by atoms with Gasteiger partial charge in [-0.3, -0.25) is 4.68 Å². The zero-order valence-corrected chi connectivity index (χ0v) is 17.8. The van der Waals surface area contributed by atoms with Crippen molar-refractivity contribution in [2.75, 3.05) is 5.73 Å². The maximum atomic E-state index is 14.2. The van der Waals surface area contributed by atoms with Crippen LogP contribution in [0.2, 0.25) is 0 Å². The fraction of sp³-hybridized carbons (Fsp3) is 0.261. The number of halogens is 3. The van der Waals surface area contributed by atoms with E-state index < -0.39 is 24.8 Å². The first kappa shape index (κ1) is 21.0. The van der Waals surface area contributed by atoms with E-state index in [9.17, 15) is 13.2 Å². The molecule has 170 valence electrons. The van der Waals surface area contributed by atoms with E-state index in [0.29, 0.717) is 33.7 Å². The highest BCUT2D eigenvalue weighted by molar-refractivity contribution is 5.73. The third kappa shape index (κ3) is 3.81. The summed E-state index contributed by atoms with van der Waals surface area (Å²) in [5.74, 6) is 0.331. The Kier molecular flexibility index (Phi) is 5.07. The van der Waals surface area contributed by atoms with Gasteiger partial charge in [0.25, 0.3) is 0 Å². The van der Waals surface area contributed by atoms with Crippen LogP contribution in [0.25, 0.3) is 22.4 Å². The van der Waals surface area contributed by atoms with Crippen LogP contribution in [0, 0.1) is 5.82 Å². The number of benzene rings is 1. The number of pyridine rings is 1. The quantitative estimate of drug-likeness (QED) is 0.471. The van der Waals surface area contributed by atoms with E-state index in [1.165, 1.54) is 18.3 Å². The molecule has 0 saturated carbocycles. The van der Waals surface area contributed by atoms with Crippen molar-refractivity contribution in [3.8, 4) is 28.1 Å². The molecule has 1 atom stereocenters. The van der Waals surface area contributed by atoms with Gasteiger partial charge in [-0.2, -0.15) is 5.10 Å². The Morgan fingerprint density at radius 1 is 1.27 bits per heavy atom. The highest BCUT2D eigenvalue weighted by atomic mass is 19.3. The van der Waals surface area contributed by atoms with Gasteiger partial charge in [0.2, 0.25) is 6.43 Å². The first-order chi connectivity index (χ1) is 15.8. The number of nitrogens with zero attached hydrogens (tertiary/aromatic N) is 4. The molecule has 1 aliphatic rings. The number of alkyl halides is 2. The number of rotatable bonds is 2. The molecule has 3 aromatic heterocycles. The van der Waals surface area contributed by atoms with Crippen molar-refractivity contribution in [3.63, 3.8) is 0 Å². The van der Waals surface area contributed by atoms with Crippen LogP contribution in [0.5, 0.6) is 5.75 Å². The maximum absolute atomic E-state index is 14.2. The highest BCUT2D eigenvalue weighted by Gasteiger charge is 2.27. The molecule has 4 aromatic rings. The number of aryl methyl sites for hydroxylation is 1. The van der Waals surface area contributed by atoms with Crippen LogP contribution in [-0.2, 0) is 19.9 Å². The van der Waals surface area contributed by atoms with Gasteiger partial charge in [0.15, 0.2) is 11.6 Å². The molecule has 2 bridgehead atoms. The first-order valence-electron chi connectivity index (χ1n) is 10.3. The second-order valence-corrected chi connectivity index (χ2v) is 7.98. The second-order valence-electron chi connectivity index (χ2n) is 7.98. The summed E-state index contributed by atoms with van der Waals surface area (Å²) in [5, 5.41) is 8.50. The van der Waals surface area contributed by atoms with Crippen LogP contribution in [0.3, 0.4) is 0 Å². The lowest BCUT2D eigenvalue weighted by Gasteiger charge is -2.20. The number of aromatic nitrogens is 4. The lowest BCUT2D eigenvalue weighted by Crippen LogP contribution is -2.09. The van der Waals surface area contributed by atoms with Gasteiger partial charge >= 0.3 is 0 Å². The van der Waals surface area contributed by atoms with Crippen molar-refractivity contribution in [1.82, 2.24) is 19.9 Å². The number of fused-ring (bicyclic) bond motifs is 7. The number of anilines is 1. The minimum absolute atomic E-state index is 0.118. The summed E-state index contributed by atoms with van der Waals surface area (Å²) in [4.78, 5) is 4.19. The summed E-state index contributed by atoms with van der Waals surface area (Å²) in [6.07, 6.45) is -0.258. The van der Waals surface area contributed by atoms with E-state index in [4.69, 9.17) is 15.0 Å². The Morgan fingerprint density at radius 2 is 2.09 bits per heavy atom. The van der Waals surface area contributed by atoms with Gasteiger partial charge in [-0.25, -0.2) is 18.2 Å². The summed E-state index contributed by atoms with van der Waals surface area (Å²) in [5.41, 5.74) is 9.70. The molecule has 5 rings (SSSR count). The summed E-state index contributed by atoms with van der Waals surface area (Å²) in [7, 11) is 1.77. The molecule has 0 radical (unpaired) electrons. The molecule has 1 aliphatic heterocycles. The molecule has 0 amide bonds. The molecular formula is C23H20F3N5O2. The van der Waals surface area contributed by atoms with Crippen molar-refractivity contribution >= 4 is 5.82 Å². The molecule has 0 unspecified atom stereocenters. The van der Waals surface area contributed by atoms with Crippen LogP contribution in [0.15, 0.2) is 41.2 Å². The predicted octanol–water partition coefficient (Wildman–Crippen LogP) is 4.71. The van der Waals surface area contributed by atoms with Crippen molar-refractivity contribution in [1.29, 1.82) is 0 Å². The van der Waals surface area contributed by atoms with Gasteiger partial charge in [0.1, 0.15) is 17.7 Å². The third-order valence-corrected chi connectivity index (χ3v) is 5.62. The Balaban J connectivity index is 1.78. The smallest absolute Gasteiger partial charge is 0.244 e. The highest BCUT2D eigenvalue weighted by Crippen LogP contribution is 2.39. The second kappa shape index (κ2) is 7.95. The largest absolute Gasteiger partial charge is 0.482 e. The van der Waals surface area contributed by atoms with E-state index in [-0.39, 0.29) is 23.7 Å². The van der Waals surface area contributed by atoms with Crippen molar-refractivity contribution in [2.45, 2.75) is 32.3 Å². The molecule has 0 spiro atoms. The number of nitrogen functional groups attached to an aromatic ring is 1. The number of hydrogen-bond acceptors (Lipinski definition) is 6. The minimum atomic E-state index is -2.60. The molecule has 33 heavy (non-hydrogen) atoms. The van der Waals surface area contributed by atoms with Crippen molar-refractivity contribution in [3.05, 3.63) is 65.1 Å². The summed E-state index contributed by atoms with van der Waals surface area (Å²) >= 11 is 0. The van der Waals surface area contributed by atoms with Gasteiger partial charge in [-0.05, 0) is 31.2 Å². The van der Waals surface area contributed by atoms with Crippen molar-refractivity contribution in [2.24, 2.45) is 7.05 Å². The molecule has 1 aromatic carbocycles. The van der Waals surface area contributed by atoms with E-state index >= 15 is 0 Å². The molecule has 0 aliphatic carbocycles. The van der Waals surface area contributed by atoms with E-state index in [1.54, 1.807) is 30.8 Å². The van der Waals surface area contributed by atoms with Crippen LogP contribution in [-0.4, -0.2) is 26.3 Å². The van der Waals surface area contributed by atoms with Gasteiger partial charge in [-0.15, -0.1) is 0 Å². The van der Waals surface area contributed by atoms with Gasteiger partial charge in [-0.1, -0.05) is 5.16 Å². The predicted molar refractivity (Wildman–Crippen MR) is 114 cm³/mol. The average molecular weight is 455 g/mol. The summed E-state index contributed by atoms with van der Waals surface area (Å²) in [6, 6.07) is 6.02. The fourth-order valence-corrected chi connectivity index (χ4v) is 4.19. The Morgan fingerprint density at radius 3 is 2.88 bits per heavy atom. The number of hydrogen-bond donors (Lipinski definition) is 1. The molecule has 2 N–H and O–H groups in total. The monoisotopic (exact) mass is 455 g/mol. The molecule has 7 nitrogen and oxygen atoms in total. The van der Waals surface area contributed by atoms with Gasteiger partial charge in [0, 0.05) is 48.1 Å². The summed E-state index contributed by atoms with van der Waals surface area (Å²) < 4.78 is 54.0. The molecule has 4 heterocycles. The minimum Gasteiger partial charge on any atom is -0.482 e. The molecule has 0 saturated heterocycles. The first-order valence-corrected chi connectivity index (χ1v) is 10.3. The third-order valence-electron chi connectivity index (χ3n) is 5.62. The SMILES string of the molecule is C[C@H]1Oc2cc(cnc2N)-c2c(CC(F)F)noc2Cc2cn(C)nc2-c2ccc(F)cc21. The van der Waals surface area contributed by atoms with Crippen LogP contribution in [0.4, 0.5) is 19.0 Å². The Labute approximate surface area is 187 Å². The molecule has 0 fully saturated rings. The topological polar surface area (TPSA) is 92.0 Å². The average Bonchev–Trinajstić information content (AvgIpc) is 3.31. The van der Waals surface area contributed by atoms with Crippen LogP contribution >= 0.6 is 0 Å². The zero-order valence-electron chi connectivity index (χ0n) is 17.8. The van der Waals surface area contributed by atoms with E-state index in [1.807, 2.05) is 6.20 Å². The number of ether oxygens (including phenoxy) is 1. The fourth-order valence-electron chi connectivity index (χ4n) is 4.19. The zero-order chi connectivity index (χ0) is 23.3. The van der Waals surface area contributed by atoms with E-state index in [2.05, 4.69) is 15.2 Å². The molecule has 10 heteroatoms. The van der Waals surface area contributed by atoms with Gasteiger partial charge in [0.05, 0.1) is 23.4 Å². The van der Waals surface area contributed by atoms with Crippen LogP contribution in [0.1, 0.15) is 35.6 Å². The standard InChI is InChI=1S/C23H20F3N5O2/c1-11-16-7-14(24)3-4-15(16)22-13(10-31(2)29-22)6-18-21(17(30-33-18)8-20(25)26)12-5-19(32-11)23(27)28-9-12/h3-5,7,9-11,20H,6,8H2,1-2H3,(H2,27,28)/t11-/m1/s1. The lowest BCUT2D eigenvalue weighted by atomic mass is 9.94. The maximum Gasteiger partial charge on any atom is 0.244 e. The summed E-state index contributed by atoms with van der Waals surface area (Å²) in [6.45, 7) is 1.77. The van der Waals surface area contributed by atoms with E-state index in [0.717, 1.165) is 5.56 Å². The Bertz CT molecular complexity index is 1350. The van der Waals surface area contributed by atoms with Crippen LogP contribution < -0.4 is 10.5 Å².